The van der Waals surface area contributed by atoms with Crippen LogP contribution in [0.15, 0.2) is 0 Å². The fourth-order valence-electron chi connectivity index (χ4n) is 0.420. The molecule has 0 aliphatic carbocycles. The topological polar surface area (TPSA) is 17.1 Å². The van der Waals surface area contributed by atoms with E-state index in [0.29, 0.717) is 12.2 Å². The van der Waals surface area contributed by atoms with Crippen LogP contribution in [-0.2, 0) is 4.79 Å². The zero-order valence-electron chi connectivity index (χ0n) is 5.49. The third-order valence-electron chi connectivity index (χ3n) is 0.984. The average molecular weight is 226 g/mol. The second-order valence-electron chi connectivity index (χ2n) is 2.25. The van der Waals surface area contributed by atoms with Gasteiger partial charge in [-0.3, -0.25) is 4.79 Å². The highest BCUT2D eigenvalue weighted by atomic mass is 127. The Kier molecular flexibility index (Phi) is 2.94. The molecule has 1 nitrogen and oxygen atoms in total. The van der Waals surface area contributed by atoms with E-state index in [4.69, 9.17) is 0 Å². The van der Waals surface area contributed by atoms with Gasteiger partial charge >= 0.3 is 0 Å². The van der Waals surface area contributed by atoms with Crippen molar-refractivity contribution in [2.45, 2.75) is 30.6 Å². The molecule has 0 fully saturated rings. The van der Waals surface area contributed by atoms with Crippen molar-refractivity contribution in [1.29, 1.82) is 0 Å². The van der Waals surface area contributed by atoms with Gasteiger partial charge in [-0.1, -0.05) is 29.5 Å². The predicted molar refractivity (Wildman–Crippen MR) is 43.4 cm³/mol. The van der Waals surface area contributed by atoms with Gasteiger partial charge in [0, 0.05) is 6.42 Å². The molecule has 0 aliphatic heterocycles. The molecule has 0 unspecified atom stereocenters. The molecule has 0 radical (unpaired) electrons. The second kappa shape index (κ2) is 2.80. The lowest BCUT2D eigenvalue weighted by atomic mass is 10.1. The summed E-state index contributed by atoms with van der Waals surface area (Å²) in [6.07, 6.45) is 0.649. The summed E-state index contributed by atoms with van der Waals surface area (Å²) in [6.45, 7) is 5.75. The molecule has 0 aromatic rings. The Labute approximate surface area is 64.0 Å². The first-order valence-electron chi connectivity index (χ1n) is 2.70. The maximum absolute atomic E-state index is 10.8. The fraction of sp³-hybridized carbons (Fsp3) is 0.833. The van der Waals surface area contributed by atoms with Crippen LogP contribution in [0.1, 0.15) is 27.2 Å². The molecular formula is C6H11IO. The van der Waals surface area contributed by atoms with Gasteiger partial charge in [0.2, 0.25) is 0 Å². The standard InChI is InChI=1S/C6H11IO/c1-4-5(8)6(2,3)7/h4H2,1-3H3. The van der Waals surface area contributed by atoms with Gasteiger partial charge in [0.15, 0.2) is 0 Å². The molecule has 0 atom stereocenters. The van der Waals surface area contributed by atoms with Crippen molar-refractivity contribution in [3.8, 4) is 0 Å². The van der Waals surface area contributed by atoms with Crippen LogP contribution in [-0.4, -0.2) is 9.20 Å². The number of Topliss-reactive ketones (excluding diaryl/α,β-unsaturated/α-hetero) is 1. The van der Waals surface area contributed by atoms with Gasteiger partial charge < -0.3 is 0 Å². The van der Waals surface area contributed by atoms with Crippen LogP contribution >= 0.6 is 22.6 Å². The highest BCUT2D eigenvalue weighted by molar-refractivity contribution is 14.1. The summed E-state index contributed by atoms with van der Waals surface area (Å²) in [6, 6.07) is 0. The fourth-order valence-corrected chi connectivity index (χ4v) is 0.802. The number of hydrogen-bond acceptors (Lipinski definition) is 1. The van der Waals surface area contributed by atoms with Crippen molar-refractivity contribution in [1.82, 2.24) is 0 Å². The van der Waals surface area contributed by atoms with Crippen LogP contribution in [0.4, 0.5) is 0 Å². The third kappa shape index (κ3) is 2.64. The van der Waals surface area contributed by atoms with Gasteiger partial charge in [-0.05, 0) is 13.8 Å². The smallest absolute Gasteiger partial charge is 0.147 e. The van der Waals surface area contributed by atoms with Gasteiger partial charge in [0.25, 0.3) is 0 Å². The lowest BCUT2D eigenvalue weighted by Crippen LogP contribution is -2.22. The molecule has 0 saturated heterocycles. The minimum Gasteiger partial charge on any atom is -0.298 e. The predicted octanol–water partition coefficient (Wildman–Crippen LogP) is 2.18. The van der Waals surface area contributed by atoms with E-state index in [9.17, 15) is 4.79 Å². The molecule has 0 rings (SSSR count). The van der Waals surface area contributed by atoms with Gasteiger partial charge in [-0.15, -0.1) is 0 Å². The van der Waals surface area contributed by atoms with E-state index in [1.54, 1.807) is 0 Å². The molecule has 0 saturated carbocycles. The highest BCUT2D eigenvalue weighted by Crippen LogP contribution is 2.18. The molecule has 0 aromatic carbocycles. The quantitative estimate of drug-likeness (QED) is 0.521. The molecule has 0 spiro atoms. The van der Waals surface area contributed by atoms with Crippen LogP contribution in [0.25, 0.3) is 0 Å². The Morgan fingerprint density at radius 2 is 2.00 bits per heavy atom. The molecule has 0 bridgehead atoms. The number of carbonyl (C=O) groups is 1. The number of hydrogen-bond donors (Lipinski definition) is 0. The van der Waals surface area contributed by atoms with E-state index < -0.39 is 0 Å². The summed E-state index contributed by atoms with van der Waals surface area (Å²) < 4.78 is -0.160. The average Bonchev–Trinajstić information content (AvgIpc) is 1.62. The van der Waals surface area contributed by atoms with Crippen molar-refractivity contribution in [2.24, 2.45) is 0 Å². The van der Waals surface area contributed by atoms with Crippen molar-refractivity contribution in [3.05, 3.63) is 0 Å². The normalized spacial score (nSPS) is 11.5. The number of ketones is 1. The van der Waals surface area contributed by atoms with E-state index in [0.717, 1.165) is 0 Å². The summed E-state index contributed by atoms with van der Waals surface area (Å²) in [7, 11) is 0. The Morgan fingerprint density at radius 3 is 2.00 bits per heavy atom. The summed E-state index contributed by atoms with van der Waals surface area (Å²) in [5.41, 5.74) is 0. The van der Waals surface area contributed by atoms with Gasteiger partial charge in [0.05, 0.1) is 3.42 Å². The largest absolute Gasteiger partial charge is 0.298 e. The SMILES string of the molecule is CCC(=O)C(C)(C)I. The summed E-state index contributed by atoms with van der Waals surface area (Å²) in [5, 5.41) is 0. The molecule has 0 aromatic heterocycles. The van der Waals surface area contributed by atoms with E-state index >= 15 is 0 Å². The molecule has 0 N–H and O–H groups in total. The first-order valence-corrected chi connectivity index (χ1v) is 3.78. The maximum atomic E-state index is 10.8. The van der Waals surface area contributed by atoms with Crippen LogP contribution in [0.3, 0.4) is 0 Å². The lowest BCUT2D eigenvalue weighted by molar-refractivity contribution is -0.119. The third-order valence-corrected chi connectivity index (χ3v) is 1.59. The van der Waals surface area contributed by atoms with Crippen LogP contribution < -0.4 is 0 Å². The second-order valence-corrected chi connectivity index (χ2v) is 4.95. The van der Waals surface area contributed by atoms with E-state index in [1.165, 1.54) is 0 Å². The Bertz CT molecular complexity index is 91.2. The molecular weight excluding hydrogens is 215 g/mol. The Balaban J connectivity index is 3.82. The molecule has 2 heteroatoms. The molecule has 8 heavy (non-hydrogen) atoms. The first kappa shape index (κ1) is 8.40. The molecule has 0 heterocycles. The number of alkyl halides is 1. The van der Waals surface area contributed by atoms with E-state index in [2.05, 4.69) is 22.6 Å². The molecule has 0 amide bonds. The van der Waals surface area contributed by atoms with Crippen molar-refractivity contribution >= 4 is 28.4 Å². The lowest BCUT2D eigenvalue weighted by Gasteiger charge is -2.11. The zero-order chi connectivity index (χ0) is 6.78. The van der Waals surface area contributed by atoms with Crippen molar-refractivity contribution in [2.75, 3.05) is 0 Å². The van der Waals surface area contributed by atoms with Gasteiger partial charge in [0.1, 0.15) is 5.78 Å². The first-order chi connectivity index (χ1) is 3.48. The van der Waals surface area contributed by atoms with E-state index in [-0.39, 0.29) is 3.42 Å². The van der Waals surface area contributed by atoms with Gasteiger partial charge in [-0.2, -0.15) is 0 Å². The summed E-state index contributed by atoms with van der Waals surface area (Å²) >= 11 is 2.15. The highest BCUT2D eigenvalue weighted by Gasteiger charge is 2.20. The monoisotopic (exact) mass is 226 g/mol. The minimum atomic E-state index is -0.160. The molecule has 0 aliphatic rings. The zero-order valence-corrected chi connectivity index (χ0v) is 7.65. The van der Waals surface area contributed by atoms with Crippen LogP contribution in [0.5, 0.6) is 0 Å². The van der Waals surface area contributed by atoms with E-state index in [1.807, 2.05) is 20.8 Å². The van der Waals surface area contributed by atoms with Crippen LogP contribution in [0.2, 0.25) is 0 Å². The van der Waals surface area contributed by atoms with Crippen LogP contribution in [0, 0.1) is 0 Å². The number of carbonyl (C=O) groups excluding carboxylic acids is 1. The minimum absolute atomic E-state index is 0.160. The maximum Gasteiger partial charge on any atom is 0.147 e. The Hall–Kier alpha value is 0.400. The number of rotatable bonds is 2. The Morgan fingerprint density at radius 1 is 1.62 bits per heavy atom. The summed E-state index contributed by atoms with van der Waals surface area (Å²) in [4.78, 5) is 10.8. The van der Waals surface area contributed by atoms with Gasteiger partial charge in [-0.25, -0.2) is 0 Å². The van der Waals surface area contributed by atoms with Crippen molar-refractivity contribution < 1.29 is 4.79 Å². The summed E-state index contributed by atoms with van der Waals surface area (Å²) in [5.74, 6) is 0.318. The molecule has 48 valence electrons. The number of halogens is 1. The van der Waals surface area contributed by atoms with Crippen molar-refractivity contribution in [3.63, 3.8) is 0 Å².